The normalized spacial score (nSPS) is 11.8. The minimum Gasteiger partial charge on any atom is -0.476 e. The van der Waals surface area contributed by atoms with Crippen LogP contribution in [-0.4, -0.2) is 26.0 Å². The molecule has 2 N–H and O–H groups in total. The first-order valence-electron chi connectivity index (χ1n) is 5.55. The third-order valence-electron chi connectivity index (χ3n) is 2.59. The largest absolute Gasteiger partial charge is 0.476 e. The molecule has 2 heterocycles. The molecule has 6 heteroatoms. The van der Waals surface area contributed by atoms with Crippen LogP contribution in [0.3, 0.4) is 0 Å². The first kappa shape index (κ1) is 12.8. The molecule has 0 aliphatic carbocycles. The highest BCUT2D eigenvalue weighted by Gasteiger charge is 2.26. The molecular formula is C12H15N3O2S. The van der Waals surface area contributed by atoms with Crippen LogP contribution in [0.15, 0.2) is 5.51 Å². The van der Waals surface area contributed by atoms with E-state index in [1.165, 1.54) is 11.3 Å². The molecule has 0 radical (unpaired) electrons. The van der Waals surface area contributed by atoms with Gasteiger partial charge in [0.15, 0.2) is 5.69 Å². The van der Waals surface area contributed by atoms with Gasteiger partial charge in [-0.25, -0.2) is 14.8 Å². The zero-order chi connectivity index (χ0) is 13.5. The monoisotopic (exact) mass is 265 g/mol. The molecule has 0 atom stereocenters. The van der Waals surface area contributed by atoms with E-state index in [-0.39, 0.29) is 11.1 Å². The van der Waals surface area contributed by atoms with Crippen LogP contribution in [0.25, 0.3) is 10.6 Å². The topological polar surface area (TPSA) is 78.9 Å². The van der Waals surface area contributed by atoms with Crippen molar-refractivity contribution in [3.8, 4) is 10.6 Å². The molecule has 2 aromatic rings. The van der Waals surface area contributed by atoms with Crippen molar-refractivity contribution < 1.29 is 9.90 Å². The lowest BCUT2D eigenvalue weighted by Crippen LogP contribution is -2.13. The molecule has 5 nitrogen and oxygen atoms in total. The molecule has 0 fully saturated rings. The Morgan fingerprint density at radius 3 is 2.56 bits per heavy atom. The van der Waals surface area contributed by atoms with Crippen molar-refractivity contribution in [1.29, 1.82) is 0 Å². The van der Waals surface area contributed by atoms with Crippen LogP contribution >= 0.6 is 11.3 Å². The minimum absolute atomic E-state index is 0.0623. The van der Waals surface area contributed by atoms with E-state index in [1.807, 2.05) is 27.7 Å². The summed E-state index contributed by atoms with van der Waals surface area (Å²) in [6.07, 6.45) is 0. The predicted molar refractivity (Wildman–Crippen MR) is 70.1 cm³/mol. The Balaban J connectivity index is 2.63. The number of H-pyrrole nitrogens is 1. The lowest BCUT2D eigenvalue weighted by molar-refractivity contribution is 0.0692. The van der Waals surface area contributed by atoms with Gasteiger partial charge < -0.3 is 10.1 Å². The van der Waals surface area contributed by atoms with Gasteiger partial charge in [0, 0.05) is 5.41 Å². The van der Waals surface area contributed by atoms with Crippen LogP contribution in [0.5, 0.6) is 0 Å². The van der Waals surface area contributed by atoms with E-state index in [0.717, 1.165) is 10.6 Å². The van der Waals surface area contributed by atoms with Crippen LogP contribution in [0, 0.1) is 6.92 Å². The fourth-order valence-electron chi connectivity index (χ4n) is 1.59. The molecular weight excluding hydrogens is 250 g/mol. The number of aromatic nitrogens is 3. The summed E-state index contributed by atoms with van der Waals surface area (Å²) in [5, 5.41) is 9.24. The van der Waals surface area contributed by atoms with Gasteiger partial charge in [0.1, 0.15) is 5.82 Å². The van der Waals surface area contributed by atoms with Crippen molar-refractivity contribution in [2.75, 3.05) is 0 Å². The summed E-state index contributed by atoms with van der Waals surface area (Å²) in [6.45, 7) is 7.82. The summed E-state index contributed by atoms with van der Waals surface area (Å²) in [5.41, 5.74) is 2.90. The number of imidazole rings is 1. The van der Waals surface area contributed by atoms with E-state index in [1.54, 1.807) is 5.51 Å². The maximum atomic E-state index is 11.3. The van der Waals surface area contributed by atoms with Crippen LogP contribution < -0.4 is 0 Å². The van der Waals surface area contributed by atoms with Gasteiger partial charge in [0.2, 0.25) is 0 Å². The number of hydrogen-bond acceptors (Lipinski definition) is 4. The predicted octanol–water partition coefficient (Wildman–Crippen LogP) is 2.84. The first-order valence-corrected chi connectivity index (χ1v) is 6.43. The highest BCUT2D eigenvalue weighted by atomic mass is 32.1. The lowest BCUT2D eigenvalue weighted by atomic mass is 9.96. The third kappa shape index (κ3) is 2.15. The molecule has 0 saturated heterocycles. The number of thiazole rings is 1. The van der Waals surface area contributed by atoms with Gasteiger partial charge in [-0.15, -0.1) is 11.3 Å². The van der Waals surface area contributed by atoms with Crippen molar-refractivity contribution in [3.63, 3.8) is 0 Å². The Kier molecular flexibility index (Phi) is 2.98. The number of aromatic carboxylic acids is 1. The number of rotatable bonds is 2. The Hall–Kier alpha value is -1.69. The smallest absolute Gasteiger partial charge is 0.356 e. The second-order valence-electron chi connectivity index (χ2n) is 5.13. The van der Waals surface area contributed by atoms with Gasteiger partial charge in [-0.3, -0.25) is 0 Å². The number of carbonyl (C=O) groups is 1. The Morgan fingerprint density at radius 2 is 2.11 bits per heavy atom. The molecule has 0 spiro atoms. The average molecular weight is 265 g/mol. The SMILES string of the molecule is Cc1ncsc1-c1[nH]c(C(C)(C)C)nc1C(=O)O. The molecule has 0 aromatic carbocycles. The number of carboxylic acid groups (broad SMARTS) is 1. The Labute approximate surface area is 109 Å². The van der Waals surface area contributed by atoms with Gasteiger partial charge in [0.05, 0.1) is 21.8 Å². The number of carboxylic acids is 1. The fraction of sp³-hybridized carbons (Fsp3) is 0.417. The molecule has 0 unspecified atom stereocenters. The highest BCUT2D eigenvalue weighted by Crippen LogP contribution is 2.31. The summed E-state index contributed by atoms with van der Waals surface area (Å²) in [6, 6.07) is 0. The quantitative estimate of drug-likeness (QED) is 0.875. The van der Waals surface area contributed by atoms with Crippen molar-refractivity contribution in [3.05, 3.63) is 22.7 Å². The van der Waals surface area contributed by atoms with Crippen molar-refractivity contribution in [2.24, 2.45) is 0 Å². The maximum Gasteiger partial charge on any atom is 0.356 e. The van der Waals surface area contributed by atoms with E-state index >= 15 is 0 Å². The molecule has 2 rings (SSSR count). The molecule has 18 heavy (non-hydrogen) atoms. The van der Waals surface area contributed by atoms with Gasteiger partial charge >= 0.3 is 5.97 Å². The van der Waals surface area contributed by atoms with E-state index in [9.17, 15) is 9.90 Å². The summed E-state index contributed by atoms with van der Waals surface area (Å²) in [4.78, 5) is 23.6. The fourth-order valence-corrected chi connectivity index (χ4v) is 2.39. The lowest BCUT2D eigenvalue weighted by Gasteiger charge is -2.13. The molecule has 0 bridgehead atoms. The second kappa shape index (κ2) is 4.20. The zero-order valence-electron chi connectivity index (χ0n) is 10.7. The van der Waals surface area contributed by atoms with Gasteiger partial charge in [-0.2, -0.15) is 0 Å². The van der Waals surface area contributed by atoms with Crippen LogP contribution in [-0.2, 0) is 5.41 Å². The van der Waals surface area contributed by atoms with Crippen LogP contribution in [0.2, 0.25) is 0 Å². The van der Waals surface area contributed by atoms with Crippen LogP contribution in [0.4, 0.5) is 0 Å². The van der Waals surface area contributed by atoms with Crippen molar-refractivity contribution in [1.82, 2.24) is 15.0 Å². The summed E-state index contributed by atoms with van der Waals surface area (Å²) >= 11 is 1.41. The number of aryl methyl sites for hydroxylation is 1. The number of aromatic amines is 1. The summed E-state index contributed by atoms with van der Waals surface area (Å²) < 4.78 is 0. The van der Waals surface area contributed by atoms with Gasteiger partial charge in [-0.05, 0) is 6.92 Å². The third-order valence-corrected chi connectivity index (χ3v) is 3.54. The Bertz CT molecular complexity index is 593. The molecule has 0 aliphatic rings. The summed E-state index contributed by atoms with van der Waals surface area (Å²) in [5.74, 6) is -0.354. The van der Waals surface area contributed by atoms with E-state index in [2.05, 4.69) is 15.0 Å². The standard InChI is InChI=1S/C12H15N3O2S/c1-6-9(18-5-13-6)7-8(10(16)17)15-11(14-7)12(2,3)4/h5H,1-4H3,(H,14,15)(H,16,17). The minimum atomic E-state index is -1.02. The molecule has 0 amide bonds. The molecule has 96 valence electrons. The average Bonchev–Trinajstić information content (AvgIpc) is 2.81. The number of nitrogens with one attached hydrogen (secondary N) is 1. The van der Waals surface area contributed by atoms with E-state index in [4.69, 9.17) is 0 Å². The summed E-state index contributed by atoms with van der Waals surface area (Å²) in [7, 11) is 0. The van der Waals surface area contributed by atoms with Crippen molar-refractivity contribution in [2.45, 2.75) is 33.1 Å². The van der Waals surface area contributed by atoms with E-state index in [0.29, 0.717) is 11.5 Å². The molecule has 0 aliphatic heterocycles. The van der Waals surface area contributed by atoms with Crippen LogP contribution in [0.1, 0.15) is 42.8 Å². The molecule has 2 aromatic heterocycles. The maximum absolute atomic E-state index is 11.3. The number of nitrogens with zero attached hydrogens (tertiary/aromatic N) is 2. The zero-order valence-corrected chi connectivity index (χ0v) is 11.6. The Morgan fingerprint density at radius 1 is 1.44 bits per heavy atom. The first-order chi connectivity index (χ1) is 8.30. The van der Waals surface area contributed by atoms with E-state index < -0.39 is 5.97 Å². The highest BCUT2D eigenvalue weighted by molar-refractivity contribution is 7.13. The van der Waals surface area contributed by atoms with Gasteiger partial charge in [0.25, 0.3) is 0 Å². The number of hydrogen-bond donors (Lipinski definition) is 2. The van der Waals surface area contributed by atoms with Gasteiger partial charge in [-0.1, -0.05) is 20.8 Å². The van der Waals surface area contributed by atoms with Crippen molar-refractivity contribution >= 4 is 17.3 Å². The molecule has 0 saturated carbocycles. The second-order valence-corrected chi connectivity index (χ2v) is 5.99.